The monoisotopic (exact) mass is 466 g/mol. The lowest BCUT2D eigenvalue weighted by Crippen LogP contribution is -2.33. The number of nitrogens with zero attached hydrogens (tertiary/aromatic N) is 4. The second-order valence-corrected chi connectivity index (χ2v) is 8.24. The Morgan fingerprint density at radius 3 is 2.82 bits per heavy atom. The predicted octanol–water partition coefficient (Wildman–Crippen LogP) is 4.56. The van der Waals surface area contributed by atoms with E-state index in [2.05, 4.69) is 21.4 Å². The number of aromatic amines is 1. The molecule has 3 heterocycles. The molecule has 0 saturated carbocycles. The Morgan fingerprint density at radius 2 is 1.94 bits per heavy atom. The highest BCUT2D eigenvalue weighted by Crippen LogP contribution is 2.39. The number of hydrogen-bond donors (Lipinski definition) is 2. The maximum atomic E-state index is 9.30. The van der Waals surface area contributed by atoms with Crippen LogP contribution in [-0.2, 0) is 0 Å². The molecule has 1 unspecified atom stereocenters. The normalized spacial score (nSPS) is 16.9. The number of imidazole rings is 1. The quantitative estimate of drug-likeness (QED) is 0.427. The largest absolute Gasteiger partial charge is 0.486 e. The summed E-state index contributed by atoms with van der Waals surface area (Å²) in [6, 6.07) is 20.9. The highest BCUT2D eigenvalue weighted by atomic mass is 32.1. The SMILES string of the molecule is N#Cc1cccc(NC2=NC(=S)N(c3ccc4nc[nH]c4c3)C2c2ccc3c(c2)OCCO3)c1. The zero-order valence-corrected chi connectivity index (χ0v) is 18.7. The first kappa shape index (κ1) is 20.2. The summed E-state index contributed by atoms with van der Waals surface area (Å²) in [6.07, 6.45) is 1.67. The molecular formula is C25H18N6O2S. The van der Waals surface area contributed by atoms with E-state index in [-0.39, 0.29) is 6.04 Å². The standard InChI is InChI=1S/C25H18N6O2S/c26-13-15-2-1-3-17(10-15)29-24-23(16-4-7-21-22(11-16)33-9-8-32-21)31(25(34)30-24)18-5-6-19-20(12-18)28-14-27-19/h1-7,10-12,14,23H,8-9H2,(H,27,28)(H,29,30,34). The molecule has 0 saturated heterocycles. The first-order valence-electron chi connectivity index (χ1n) is 10.7. The molecule has 8 nitrogen and oxygen atoms in total. The van der Waals surface area contributed by atoms with Crippen molar-refractivity contribution >= 4 is 45.6 Å². The number of H-pyrrole nitrogens is 1. The number of hydrogen-bond acceptors (Lipinski definition) is 6. The lowest BCUT2D eigenvalue weighted by atomic mass is 10.0. The molecule has 2 aliphatic rings. The molecule has 1 aromatic heterocycles. The molecule has 0 radical (unpaired) electrons. The Bertz CT molecular complexity index is 1500. The second kappa shape index (κ2) is 8.17. The van der Waals surface area contributed by atoms with Gasteiger partial charge in [0.2, 0.25) is 5.11 Å². The number of benzene rings is 3. The van der Waals surface area contributed by atoms with Crippen LogP contribution in [0.3, 0.4) is 0 Å². The van der Waals surface area contributed by atoms with E-state index in [0.717, 1.165) is 28.0 Å². The number of nitrogens with one attached hydrogen (secondary N) is 2. The maximum Gasteiger partial charge on any atom is 0.202 e. The third kappa shape index (κ3) is 3.50. The second-order valence-electron chi connectivity index (χ2n) is 7.88. The van der Waals surface area contributed by atoms with Crippen molar-refractivity contribution in [1.82, 2.24) is 9.97 Å². The fraction of sp³-hybridized carbons (Fsp3) is 0.120. The van der Waals surface area contributed by atoms with Gasteiger partial charge in [0.25, 0.3) is 0 Å². The molecule has 0 bridgehead atoms. The number of fused-ring (bicyclic) bond motifs is 2. The Kier molecular flexibility index (Phi) is 4.86. The van der Waals surface area contributed by atoms with Crippen LogP contribution >= 0.6 is 12.2 Å². The third-order valence-electron chi connectivity index (χ3n) is 5.77. The molecule has 4 aromatic rings. The number of amidine groups is 1. The van der Waals surface area contributed by atoms with E-state index in [1.807, 2.05) is 53.4 Å². The minimum absolute atomic E-state index is 0.338. The Labute approximate surface area is 200 Å². The van der Waals surface area contributed by atoms with Gasteiger partial charge < -0.3 is 24.7 Å². The minimum atomic E-state index is -0.338. The molecule has 34 heavy (non-hydrogen) atoms. The maximum absolute atomic E-state index is 9.30. The van der Waals surface area contributed by atoms with Crippen LogP contribution in [0.15, 0.2) is 72.0 Å². The number of ether oxygens (including phenoxy) is 2. The summed E-state index contributed by atoms with van der Waals surface area (Å²) in [6.45, 7) is 1.03. The highest BCUT2D eigenvalue weighted by molar-refractivity contribution is 7.80. The molecule has 0 fully saturated rings. The summed E-state index contributed by atoms with van der Waals surface area (Å²) >= 11 is 5.73. The van der Waals surface area contributed by atoms with Gasteiger partial charge in [-0.2, -0.15) is 5.26 Å². The van der Waals surface area contributed by atoms with Gasteiger partial charge in [-0.1, -0.05) is 12.1 Å². The van der Waals surface area contributed by atoms with Crippen LogP contribution in [0.2, 0.25) is 0 Å². The highest BCUT2D eigenvalue weighted by Gasteiger charge is 2.36. The van der Waals surface area contributed by atoms with E-state index < -0.39 is 0 Å². The van der Waals surface area contributed by atoms with Crippen LogP contribution < -0.4 is 19.7 Å². The fourth-order valence-corrected chi connectivity index (χ4v) is 4.54. The number of thiocarbonyl (C=S) groups is 1. The molecule has 0 spiro atoms. The number of anilines is 2. The zero-order chi connectivity index (χ0) is 23.1. The molecule has 166 valence electrons. The van der Waals surface area contributed by atoms with E-state index in [0.29, 0.717) is 41.2 Å². The summed E-state index contributed by atoms with van der Waals surface area (Å²) in [5, 5.41) is 13.1. The smallest absolute Gasteiger partial charge is 0.202 e. The molecule has 2 aliphatic heterocycles. The lowest BCUT2D eigenvalue weighted by molar-refractivity contribution is 0.171. The Hall–Kier alpha value is -4.42. The predicted molar refractivity (Wildman–Crippen MR) is 134 cm³/mol. The van der Waals surface area contributed by atoms with Crippen molar-refractivity contribution in [3.63, 3.8) is 0 Å². The van der Waals surface area contributed by atoms with Gasteiger partial charge in [-0.05, 0) is 66.3 Å². The van der Waals surface area contributed by atoms with E-state index in [1.165, 1.54) is 0 Å². The van der Waals surface area contributed by atoms with Crippen molar-refractivity contribution < 1.29 is 9.47 Å². The van der Waals surface area contributed by atoms with Crippen molar-refractivity contribution in [3.05, 3.63) is 78.1 Å². The van der Waals surface area contributed by atoms with Crippen LogP contribution in [0.4, 0.5) is 11.4 Å². The number of aromatic nitrogens is 2. The summed E-state index contributed by atoms with van der Waals surface area (Å²) in [4.78, 5) is 14.2. The van der Waals surface area contributed by atoms with Crippen LogP contribution in [0.1, 0.15) is 17.2 Å². The zero-order valence-electron chi connectivity index (χ0n) is 17.9. The van der Waals surface area contributed by atoms with Crippen molar-refractivity contribution in [3.8, 4) is 17.6 Å². The Balaban J connectivity index is 1.44. The molecule has 0 aliphatic carbocycles. The van der Waals surface area contributed by atoms with E-state index >= 15 is 0 Å². The van der Waals surface area contributed by atoms with Crippen LogP contribution in [0, 0.1) is 11.3 Å². The summed E-state index contributed by atoms with van der Waals surface area (Å²) in [5.41, 5.74) is 4.92. The van der Waals surface area contributed by atoms with E-state index in [4.69, 9.17) is 26.7 Å². The summed E-state index contributed by atoms with van der Waals surface area (Å²) < 4.78 is 11.5. The van der Waals surface area contributed by atoms with Crippen molar-refractivity contribution in [2.75, 3.05) is 23.4 Å². The van der Waals surface area contributed by atoms with E-state index in [9.17, 15) is 5.26 Å². The van der Waals surface area contributed by atoms with Crippen molar-refractivity contribution in [1.29, 1.82) is 5.26 Å². The van der Waals surface area contributed by atoms with Crippen LogP contribution in [-0.4, -0.2) is 34.1 Å². The average molecular weight is 467 g/mol. The first-order valence-corrected chi connectivity index (χ1v) is 11.1. The first-order chi connectivity index (χ1) is 16.7. The van der Waals surface area contributed by atoms with Crippen molar-refractivity contribution in [2.45, 2.75) is 6.04 Å². The van der Waals surface area contributed by atoms with Crippen LogP contribution in [0.25, 0.3) is 11.0 Å². The van der Waals surface area contributed by atoms with Crippen LogP contribution in [0.5, 0.6) is 11.5 Å². The average Bonchev–Trinajstić information content (AvgIpc) is 3.47. The van der Waals surface area contributed by atoms with Gasteiger partial charge in [0.15, 0.2) is 11.5 Å². The molecule has 9 heteroatoms. The number of nitriles is 1. The fourth-order valence-electron chi connectivity index (χ4n) is 4.23. The van der Waals surface area contributed by atoms with Gasteiger partial charge >= 0.3 is 0 Å². The molecule has 2 N–H and O–H groups in total. The third-order valence-corrected chi connectivity index (χ3v) is 6.06. The van der Waals surface area contributed by atoms with Gasteiger partial charge in [0.1, 0.15) is 25.1 Å². The number of rotatable bonds is 3. The number of aliphatic imine (C=N–C) groups is 1. The lowest BCUT2D eigenvalue weighted by Gasteiger charge is -2.28. The van der Waals surface area contributed by atoms with Gasteiger partial charge in [-0.3, -0.25) is 0 Å². The molecular weight excluding hydrogens is 448 g/mol. The molecule has 3 aromatic carbocycles. The summed E-state index contributed by atoms with van der Waals surface area (Å²) in [5.74, 6) is 2.06. The summed E-state index contributed by atoms with van der Waals surface area (Å²) in [7, 11) is 0. The molecule has 1 atom stereocenters. The van der Waals surface area contributed by atoms with Gasteiger partial charge in [-0.15, -0.1) is 0 Å². The van der Waals surface area contributed by atoms with Gasteiger partial charge in [0, 0.05) is 11.4 Å². The molecule has 6 rings (SSSR count). The minimum Gasteiger partial charge on any atom is -0.486 e. The van der Waals surface area contributed by atoms with Crippen molar-refractivity contribution in [2.24, 2.45) is 4.99 Å². The Morgan fingerprint density at radius 1 is 1.06 bits per heavy atom. The van der Waals surface area contributed by atoms with Gasteiger partial charge in [0.05, 0.1) is 29.0 Å². The molecule has 0 amide bonds. The van der Waals surface area contributed by atoms with E-state index in [1.54, 1.807) is 18.5 Å². The van der Waals surface area contributed by atoms with Gasteiger partial charge in [-0.25, -0.2) is 9.98 Å². The topological polar surface area (TPSA) is 98.6 Å².